The molecule has 0 amide bonds. The highest BCUT2D eigenvalue weighted by Gasteiger charge is 2.12. The Morgan fingerprint density at radius 2 is 2.13 bits per heavy atom. The Morgan fingerprint density at radius 3 is 2.67 bits per heavy atom. The zero-order valence-electron chi connectivity index (χ0n) is 9.28. The van der Waals surface area contributed by atoms with E-state index in [0.29, 0.717) is 11.5 Å². The average Bonchev–Trinajstić information content (AvgIpc) is 2.15. The monoisotopic (exact) mass is 208 g/mol. The van der Waals surface area contributed by atoms with Gasteiger partial charge in [0.15, 0.2) is 0 Å². The molecular formula is C11H16N2O2. The van der Waals surface area contributed by atoms with Gasteiger partial charge in [-0.15, -0.1) is 0 Å². The van der Waals surface area contributed by atoms with Crippen LogP contribution in [0.3, 0.4) is 0 Å². The van der Waals surface area contributed by atoms with E-state index in [0.717, 1.165) is 12.2 Å². The van der Waals surface area contributed by atoms with Gasteiger partial charge in [-0.3, -0.25) is 10.1 Å². The summed E-state index contributed by atoms with van der Waals surface area (Å²) in [5, 5.41) is 13.9. The Bertz CT molecular complexity index is 362. The van der Waals surface area contributed by atoms with Crippen molar-refractivity contribution in [2.45, 2.75) is 20.8 Å². The molecule has 0 spiro atoms. The van der Waals surface area contributed by atoms with E-state index < -0.39 is 0 Å². The summed E-state index contributed by atoms with van der Waals surface area (Å²) in [6.07, 6.45) is 0. The first-order valence-electron chi connectivity index (χ1n) is 5.00. The molecule has 4 heteroatoms. The van der Waals surface area contributed by atoms with Crippen LogP contribution in [0.15, 0.2) is 18.2 Å². The van der Waals surface area contributed by atoms with Crippen LogP contribution in [0.4, 0.5) is 11.4 Å². The third-order valence-electron chi connectivity index (χ3n) is 2.20. The van der Waals surface area contributed by atoms with Crippen molar-refractivity contribution in [1.29, 1.82) is 0 Å². The van der Waals surface area contributed by atoms with Crippen LogP contribution in [0.1, 0.15) is 19.4 Å². The second kappa shape index (κ2) is 4.77. The highest BCUT2D eigenvalue weighted by molar-refractivity contribution is 5.59. The number of nitrogens with one attached hydrogen (secondary N) is 1. The lowest BCUT2D eigenvalue weighted by Crippen LogP contribution is -2.09. The van der Waals surface area contributed by atoms with Gasteiger partial charge in [0.05, 0.1) is 4.92 Å². The molecule has 0 aromatic heterocycles. The van der Waals surface area contributed by atoms with Crippen molar-refractivity contribution in [3.05, 3.63) is 33.9 Å². The minimum Gasteiger partial charge on any atom is -0.384 e. The van der Waals surface area contributed by atoms with Gasteiger partial charge in [-0.25, -0.2) is 0 Å². The van der Waals surface area contributed by atoms with Gasteiger partial charge in [0.1, 0.15) is 0 Å². The molecule has 82 valence electrons. The smallest absolute Gasteiger partial charge is 0.274 e. The lowest BCUT2D eigenvalue weighted by molar-refractivity contribution is -0.385. The lowest BCUT2D eigenvalue weighted by atomic mass is 10.1. The summed E-state index contributed by atoms with van der Waals surface area (Å²) in [6.45, 7) is 6.78. The molecule has 15 heavy (non-hydrogen) atoms. The average molecular weight is 208 g/mol. The molecule has 0 saturated heterocycles. The van der Waals surface area contributed by atoms with Crippen LogP contribution in [0.5, 0.6) is 0 Å². The van der Waals surface area contributed by atoms with Crippen molar-refractivity contribution in [3.8, 4) is 0 Å². The summed E-state index contributed by atoms with van der Waals surface area (Å²) in [6, 6.07) is 5.09. The maximum absolute atomic E-state index is 10.7. The van der Waals surface area contributed by atoms with Crippen LogP contribution in [0.2, 0.25) is 0 Å². The van der Waals surface area contributed by atoms with Crippen molar-refractivity contribution in [3.63, 3.8) is 0 Å². The van der Waals surface area contributed by atoms with Crippen molar-refractivity contribution in [2.75, 3.05) is 11.9 Å². The Kier molecular flexibility index (Phi) is 3.66. The maximum atomic E-state index is 10.7. The first kappa shape index (κ1) is 11.5. The molecule has 1 aromatic carbocycles. The van der Waals surface area contributed by atoms with Gasteiger partial charge in [0, 0.05) is 23.9 Å². The molecule has 4 nitrogen and oxygen atoms in total. The Balaban J connectivity index is 2.89. The van der Waals surface area contributed by atoms with Gasteiger partial charge >= 0.3 is 0 Å². The summed E-state index contributed by atoms with van der Waals surface area (Å²) in [5.41, 5.74) is 1.71. The number of anilines is 1. The van der Waals surface area contributed by atoms with E-state index in [9.17, 15) is 10.1 Å². The number of nitrogens with zero attached hydrogens (tertiary/aromatic N) is 1. The van der Waals surface area contributed by atoms with E-state index in [1.807, 2.05) is 6.07 Å². The topological polar surface area (TPSA) is 55.2 Å². The van der Waals surface area contributed by atoms with Gasteiger partial charge in [-0.05, 0) is 18.9 Å². The highest BCUT2D eigenvalue weighted by Crippen LogP contribution is 2.24. The molecule has 0 bridgehead atoms. The van der Waals surface area contributed by atoms with Gasteiger partial charge in [-0.1, -0.05) is 19.9 Å². The van der Waals surface area contributed by atoms with Crippen molar-refractivity contribution in [2.24, 2.45) is 5.92 Å². The maximum Gasteiger partial charge on any atom is 0.274 e. The van der Waals surface area contributed by atoms with Gasteiger partial charge in [-0.2, -0.15) is 0 Å². The SMILES string of the molecule is Cc1c(NCC(C)C)cccc1[N+](=O)[O-]. The van der Waals surface area contributed by atoms with E-state index in [4.69, 9.17) is 0 Å². The Labute approximate surface area is 89.5 Å². The fraction of sp³-hybridized carbons (Fsp3) is 0.455. The normalized spacial score (nSPS) is 10.4. The molecule has 0 radical (unpaired) electrons. The number of benzene rings is 1. The summed E-state index contributed by atoms with van der Waals surface area (Å²) in [7, 11) is 0. The van der Waals surface area contributed by atoms with E-state index >= 15 is 0 Å². The summed E-state index contributed by atoms with van der Waals surface area (Å²) in [5.74, 6) is 0.517. The number of hydrogen-bond acceptors (Lipinski definition) is 3. The molecule has 0 aliphatic heterocycles. The van der Waals surface area contributed by atoms with E-state index in [1.54, 1.807) is 13.0 Å². The Morgan fingerprint density at radius 1 is 1.47 bits per heavy atom. The highest BCUT2D eigenvalue weighted by atomic mass is 16.6. The zero-order valence-corrected chi connectivity index (χ0v) is 9.28. The summed E-state index contributed by atoms with van der Waals surface area (Å²) < 4.78 is 0. The summed E-state index contributed by atoms with van der Waals surface area (Å²) in [4.78, 5) is 10.3. The molecule has 1 N–H and O–H groups in total. The third-order valence-corrected chi connectivity index (χ3v) is 2.20. The molecule has 0 aliphatic rings. The van der Waals surface area contributed by atoms with Crippen molar-refractivity contribution < 1.29 is 4.92 Å². The van der Waals surface area contributed by atoms with Crippen LogP contribution in [-0.2, 0) is 0 Å². The predicted molar refractivity (Wildman–Crippen MR) is 61.2 cm³/mol. The number of nitro benzene ring substituents is 1. The lowest BCUT2D eigenvalue weighted by Gasteiger charge is -2.11. The number of rotatable bonds is 4. The fourth-order valence-corrected chi connectivity index (χ4v) is 1.33. The molecule has 0 saturated carbocycles. The fourth-order valence-electron chi connectivity index (χ4n) is 1.33. The zero-order chi connectivity index (χ0) is 11.4. The van der Waals surface area contributed by atoms with Crippen LogP contribution in [0, 0.1) is 23.0 Å². The number of nitro groups is 1. The van der Waals surface area contributed by atoms with Crippen LogP contribution < -0.4 is 5.32 Å². The van der Waals surface area contributed by atoms with Gasteiger partial charge < -0.3 is 5.32 Å². The van der Waals surface area contributed by atoms with Crippen LogP contribution in [-0.4, -0.2) is 11.5 Å². The molecule has 0 atom stereocenters. The number of hydrogen-bond donors (Lipinski definition) is 1. The molecule has 0 aliphatic carbocycles. The Hall–Kier alpha value is -1.58. The molecule has 0 fully saturated rings. The van der Waals surface area contributed by atoms with E-state index in [-0.39, 0.29) is 10.6 Å². The molecule has 0 heterocycles. The first-order chi connectivity index (χ1) is 7.02. The summed E-state index contributed by atoms with van der Waals surface area (Å²) >= 11 is 0. The standard InChI is InChI=1S/C11H16N2O2/c1-8(2)7-12-10-5-4-6-11(9(10)3)13(14)15/h4-6,8,12H,7H2,1-3H3. The molecule has 1 rings (SSSR count). The van der Waals surface area contributed by atoms with Gasteiger partial charge in [0.2, 0.25) is 0 Å². The van der Waals surface area contributed by atoms with Crippen molar-refractivity contribution >= 4 is 11.4 Å². The van der Waals surface area contributed by atoms with Crippen LogP contribution in [0.25, 0.3) is 0 Å². The minimum absolute atomic E-state index is 0.170. The molecule has 1 aromatic rings. The first-order valence-corrected chi connectivity index (χ1v) is 5.00. The third kappa shape index (κ3) is 2.94. The second-order valence-electron chi connectivity index (χ2n) is 3.98. The van der Waals surface area contributed by atoms with E-state index in [1.165, 1.54) is 6.07 Å². The molecular weight excluding hydrogens is 192 g/mol. The quantitative estimate of drug-likeness (QED) is 0.611. The predicted octanol–water partition coefficient (Wildman–Crippen LogP) is 2.97. The second-order valence-corrected chi connectivity index (χ2v) is 3.98. The largest absolute Gasteiger partial charge is 0.384 e. The van der Waals surface area contributed by atoms with E-state index in [2.05, 4.69) is 19.2 Å². The van der Waals surface area contributed by atoms with Gasteiger partial charge in [0.25, 0.3) is 5.69 Å². The van der Waals surface area contributed by atoms with Crippen molar-refractivity contribution in [1.82, 2.24) is 0 Å². The minimum atomic E-state index is -0.351. The van der Waals surface area contributed by atoms with Crippen LogP contribution >= 0.6 is 0 Å². The molecule has 0 unspecified atom stereocenters.